The molecule has 0 aliphatic rings. The number of anilines is 2. The van der Waals surface area contributed by atoms with Crippen LogP contribution in [0, 0.1) is 0 Å². The molecule has 10 nitrogen and oxygen atoms in total. The van der Waals surface area contributed by atoms with Crippen LogP contribution in [-0.2, 0) is 14.1 Å². The summed E-state index contributed by atoms with van der Waals surface area (Å²) in [7, 11) is 4.02. The lowest BCUT2D eigenvalue weighted by Gasteiger charge is -2.06. The van der Waals surface area contributed by atoms with Gasteiger partial charge in [-0.3, -0.25) is 0 Å². The summed E-state index contributed by atoms with van der Waals surface area (Å²) >= 11 is 4.97. The molecule has 10 rings (SSSR count). The zero-order valence-electron chi connectivity index (χ0n) is 27.3. The van der Waals surface area contributed by atoms with Crippen LogP contribution < -0.4 is 11.5 Å². The number of hydrogen-bond acceptors (Lipinski definition) is 11. The number of rotatable bonds is 4. The van der Waals surface area contributed by atoms with Crippen molar-refractivity contribution in [3.63, 3.8) is 0 Å². The zero-order chi connectivity index (χ0) is 34.6. The summed E-state index contributed by atoms with van der Waals surface area (Å²) in [5, 5.41) is 5.45. The molecular formula is C38H28N10S3. The predicted molar refractivity (Wildman–Crippen MR) is 212 cm³/mol. The lowest BCUT2D eigenvalue weighted by Crippen LogP contribution is -1.90. The molecule has 0 saturated carbocycles. The maximum absolute atomic E-state index is 6.01. The molecular weight excluding hydrogens is 693 g/mol. The standard InChI is InChI=1S/C20H15N5S.C18H13N5S2/c1-25-11-24-17(14-7-6-12-4-2-3-5-13(12)8-14)18(25)16-9-15-19(21)22-10-23-20(15)26-16;1-23-9-22-15(13-6-10-4-2-3-5-12(10)24-13)16(23)14-7-11-17(19)20-8-21-18(11)25-14/h2-11H,1H3,(H2,21,22,23);2-9H,1H3,(H2,19,20,21). The van der Waals surface area contributed by atoms with Crippen LogP contribution in [0.25, 0.3) is 84.3 Å². The quantitative estimate of drug-likeness (QED) is 0.184. The van der Waals surface area contributed by atoms with Gasteiger partial charge in [0.25, 0.3) is 0 Å². The Kier molecular flexibility index (Phi) is 7.53. The van der Waals surface area contributed by atoms with Gasteiger partial charge in [-0.25, -0.2) is 29.9 Å². The molecule has 13 heteroatoms. The first-order valence-electron chi connectivity index (χ1n) is 15.9. The maximum Gasteiger partial charge on any atom is 0.135 e. The molecule has 0 spiro atoms. The maximum atomic E-state index is 6.01. The van der Waals surface area contributed by atoms with Crippen LogP contribution in [0.5, 0.6) is 0 Å². The van der Waals surface area contributed by atoms with Crippen LogP contribution in [0.3, 0.4) is 0 Å². The monoisotopic (exact) mass is 720 g/mol. The number of thiophene rings is 3. The Morgan fingerprint density at radius 2 is 1.08 bits per heavy atom. The van der Waals surface area contributed by atoms with Crippen LogP contribution in [0.4, 0.5) is 11.6 Å². The number of benzene rings is 3. The molecule has 0 unspecified atom stereocenters. The molecule has 0 aliphatic heterocycles. The molecule has 51 heavy (non-hydrogen) atoms. The van der Waals surface area contributed by atoms with Gasteiger partial charge in [0, 0.05) is 24.4 Å². The third-order valence-electron chi connectivity index (χ3n) is 8.74. The average Bonchev–Trinajstić information content (AvgIpc) is 3.98. The molecule has 248 valence electrons. The highest BCUT2D eigenvalue weighted by atomic mass is 32.1. The topological polar surface area (TPSA) is 139 Å². The second-order valence-corrected chi connectivity index (χ2v) is 15.1. The van der Waals surface area contributed by atoms with Crippen molar-refractivity contribution in [2.75, 3.05) is 11.5 Å². The fraction of sp³-hybridized carbons (Fsp3) is 0.0526. The summed E-state index contributed by atoms with van der Waals surface area (Å²) in [5.74, 6) is 1.02. The SMILES string of the molecule is Cn1cnc(-c2cc3ccccc3s2)c1-c1cc2c(N)ncnc2s1.Cn1cnc(-c2ccc3ccccc3c2)c1-c1cc2c(N)ncnc2s1. The van der Waals surface area contributed by atoms with E-state index in [0.717, 1.165) is 63.4 Å². The van der Waals surface area contributed by atoms with Gasteiger partial charge in [-0.15, -0.1) is 34.0 Å². The Hall–Kier alpha value is -6.02. The highest BCUT2D eigenvalue weighted by Crippen LogP contribution is 2.42. The van der Waals surface area contributed by atoms with Crippen LogP contribution in [0.15, 0.2) is 110 Å². The van der Waals surface area contributed by atoms with Crippen molar-refractivity contribution in [2.24, 2.45) is 14.1 Å². The van der Waals surface area contributed by atoms with Gasteiger partial charge in [0.2, 0.25) is 0 Å². The molecule has 0 radical (unpaired) electrons. The number of fused-ring (bicyclic) bond motifs is 4. The van der Waals surface area contributed by atoms with E-state index >= 15 is 0 Å². The fourth-order valence-electron chi connectivity index (χ4n) is 6.25. The highest BCUT2D eigenvalue weighted by Gasteiger charge is 2.20. The van der Waals surface area contributed by atoms with E-state index in [1.165, 1.54) is 33.5 Å². The zero-order valence-corrected chi connectivity index (χ0v) is 29.8. The molecule has 0 aliphatic carbocycles. The summed E-state index contributed by atoms with van der Waals surface area (Å²) in [6, 6.07) is 29.5. The third-order valence-corrected chi connectivity index (χ3v) is 12.0. The minimum atomic E-state index is 0.506. The first-order chi connectivity index (χ1) is 24.9. The summed E-state index contributed by atoms with van der Waals surface area (Å²) in [6.45, 7) is 0. The molecule has 0 fully saturated rings. The van der Waals surface area contributed by atoms with Crippen molar-refractivity contribution in [3.05, 3.63) is 110 Å². The Labute approximate surface area is 303 Å². The molecule has 0 bridgehead atoms. The van der Waals surface area contributed by atoms with E-state index in [2.05, 4.69) is 115 Å². The second-order valence-electron chi connectivity index (χ2n) is 12.0. The number of imidazole rings is 2. The van der Waals surface area contributed by atoms with Crippen molar-refractivity contribution in [1.29, 1.82) is 0 Å². The van der Waals surface area contributed by atoms with E-state index in [9.17, 15) is 0 Å². The first-order valence-corrected chi connectivity index (χ1v) is 18.4. The van der Waals surface area contributed by atoms with Gasteiger partial charge in [-0.05, 0) is 46.5 Å². The summed E-state index contributed by atoms with van der Waals surface area (Å²) in [4.78, 5) is 31.3. The average molecular weight is 721 g/mol. The predicted octanol–water partition coefficient (Wildman–Crippen LogP) is 9.05. The van der Waals surface area contributed by atoms with Gasteiger partial charge in [-0.2, -0.15) is 0 Å². The van der Waals surface area contributed by atoms with Gasteiger partial charge >= 0.3 is 0 Å². The van der Waals surface area contributed by atoms with Gasteiger partial charge in [0.15, 0.2) is 0 Å². The molecule has 0 amide bonds. The number of aromatic nitrogens is 8. The minimum Gasteiger partial charge on any atom is -0.383 e. The van der Waals surface area contributed by atoms with Crippen LogP contribution in [-0.4, -0.2) is 39.0 Å². The van der Waals surface area contributed by atoms with Crippen LogP contribution in [0.1, 0.15) is 0 Å². The smallest absolute Gasteiger partial charge is 0.135 e. The van der Waals surface area contributed by atoms with E-state index < -0.39 is 0 Å². The van der Waals surface area contributed by atoms with Crippen molar-refractivity contribution in [2.45, 2.75) is 0 Å². The lowest BCUT2D eigenvalue weighted by atomic mass is 10.0. The molecule has 7 aromatic heterocycles. The van der Waals surface area contributed by atoms with E-state index in [1.807, 2.05) is 35.9 Å². The normalized spacial score (nSPS) is 11.5. The van der Waals surface area contributed by atoms with Crippen LogP contribution >= 0.6 is 34.0 Å². The Morgan fingerprint density at radius 3 is 1.71 bits per heavy atom. The Bertz CT molecular complexity index is 2860. The van der Waals surface area contributed by atoms with E-state index in [4.69, 9.17) is 11.5 Å². The van der Waals surface area contributed by atoms with Crippen molar-refractivity contribution < 1.29 is 0 Å². The van der Waals surface area contributed by atoms with Crippen molar-refractivity contribution in [3.8, 4) is 43.0 Å². The van der Waals surface area contributed by atoms with E-state index in [1.54, 1.807) is 34.0 Å². The largest absolute Gasteiger partial charge is 0.383 e. The first kappa shape index (κ1) is 31.0. The third kappa shape index (κ3) is 5.48. The summed E-state index contributed by atoms with van der Waals surface area (Å²) in [6.07, 6.45) is 6.72. The molecule has 7 heterocycles. The van der Waals surface area contributed by atoms with Gasteiger partial charge in [-0.1, -0.05) is 54.6 Å². The number of aryl methyl sites for hydroxylation is 2. The fourth-order valence-corrected chi connectivity index (χ4v) is 9.50. The number of nitrogens with zero attached hydrogens (tertiary/aromatic N) is 8. The number of nitrogen functional groups attached to an aromatic ring is 2. The molecule has 0 atom stereocenters. The van der Waals surface area contributed by atoms with E-state index in [-0.39, 0.29) is 0 Å². The Balaban J connectivity index is 0.000000137. The summed E-state index contributed by atoms with van der Waals surface area (Å²) < 4.78 is 5.35. The van der Waals surface area contributed by atoms with Gasteiger partial charge in [0.1, 0.15) is 39.6 Å². The van der Waals surface area contributed by atoms with Gasteiger partial charge in [0.05, 0.1) is 55.1 Å². The highest BCUT2D eigenvalue weighted by molar-refractivity contribution is 7.23. The molecule has 10 aromatic rings. The van der Waals surface area contributed by atoms with Crippen LogP contribution in [0.2, 0.25) is 0 Å². The number of hydrogen-bond donors (Lipinski definition) is 2. The second kappa shape index (κ2) is 12.4. The lowest BCUT2D eigenvalue weighted by molar-refractivity contribution is 0.924. The molecule has 3 aromatic carbocycles. The minimum absolute atomic E-state index is 0.506. The van der Waals surface area contributed by atoms with Gasteiger partial charge < -0.3 is 20.6 Å². The van der Waals surface area contributed by atoms with Crippen molar-refractivity contribution in [1.82, 2.24) is 39.0 Å². The molecule has 4 N–H and O–H groups in total. The summed E-state index contributed by atoms with van der Waals surface area (Å²) in [5.41, 5.74) is 17.2. The number of nitrogens with two attached hydrogens (primary N) is 2. The van der Waals surface area contributed by atoms with E-state index in [0.29, 0.717) is 11.6 Å². The molecule has 0 saturated heterocycles. The van der Waals surface area contributed by atoms with Crippen molar-refractivity contribution >= 4 is 86.9 Å². The Morgan fingerprint density at radius 1 is 0.510 bits per heavy atom.